The molecule has 0 fully saturated rings. The van der Waals surface area contributed by atoms with Gasteiger partial charge < -0.3 is 10.1 Å². The zero-order valence-corrected chi connectivity index (χ0v) is 13.7. The number of halogens is 3. The molecule has 2 rings (SSSR count). The quantitative estimate of drug-likeness (QED) is 0.569. The maximum absolute atomic E-state index is 13.4. The topological polar surface area (TPSA) is 62.4 Å². The van der Waals surface area contributed by atoms with E-state index in [-0.39, 0.29) is 28.2 Å². The maximum atomic E-state index is 13.4. The number of anilines is 1. The minimum Gasteiger partial charge on any atom is -0.482 e. The molecule has 2 aromatic rings. The van der Waals surface area contributed by atoms with Gasteiger partial charge in [0.25, 0.3) is 5.91 Å². The lowest BCUT2D eigenvalue weighted by atomic mass is 10.3. The average molecular weight is 372 g/mol. The summed E-state index contributed by atoms with van der Waals surface area (Å²) in [5.41, 5.74) is 4.83. The molecule has 0 atom stereocenters. The van der Waals surface area contributed by atoms with Crippen molar-refractivity contribution in [1.82, 2.24) is 10.9 Å². The van der Waals surface area contributed by atoms with E-state index in [4.69, 9.17) is 28.6 Å². The Morgan fingerprint density at radius 1 is 1.17 bits per heavy atom. The van der Waals surface area contributed by atoms with E-state index < -0.39 is 17.5 Å². The molecule has 1 amide bonds. The van der Waals surface area contributed by atoms with Gasteiger partial charge in [-0.25, -0.2) is 8.78 Å². The largest absolute Gasteiger partial charge is 0.482 e. The lowest BCUT2D eigenvalue weighted by molar-refractivity contribution is -0.123. The lowest BCUT2D eigenvalue weighted by Crippen LogP contribution is -2.45. The minimum atomic E-state index is -0.562. The standard InChI is InChI=1S/C15H12ClF2N3O2S/c16-10-7-9(17)5-6-13(10)23-8-14(22)20-21-15(24)19-12-4-2-1-3-11(12)18/h1-7H,8H2,(H,20,22)(H2,19,21,24). The Kier molecular flexibility index (Phi) is 6.28. The number of carbonyl (C=O) groups excluding carboxylic acids is 1. The van der Waals surface area contributed by atoms with E-state index in [2.05, 4.69) is 16.2 Å². The zero-order valence-electron chi connectivity index (χ0n) is 12.1. The van der Waals surface area contributed by atoms with Crippen LogP contribution in [0.2, 0.25) is 5.02 Å². The van der Waals surface area contributed by atoms with Crippen molar-refractivity contribution in [3.05, 3.63) is 59.1 Å². The summed E-state index contributed by atoms with van der Waals surface area (Å²) in [6.45, 7) is -0.374. The van der Waals surface area contributed by atoms with E-state index >= 15 is 0 Å². The van der Waals surface area contributed by atoms with Crippen LogP contribution in [-0.4, -0.2) is 17.6 Å². The van der Waals surface area contributed by atoms with Gasteiger partial charge in [0.05, 0.1) is 10.7 Å². The van der Waals surface area contributed by atoms with Gasteiger partial charge in [0.2, 0.25) is 0 Å². The fourth-order valence-electron chi connectivity index (χ4n) is 1.61. The first-order chi connectivity index (χ1) is 11.5. The molecular weight excluding hydrogens is 360 g/mol. The fraction of sp³-hybridized carbons (Fsp3) is 0.0667. The number of amides is 1. The molecule has 0 heterocycles. The SMILES string of the molecule is O=C(COc1ccc(F)cc1Cl)NNC(=S)Nc1ccccc1F. The molecule has 0 aliphatic carbocycles. The Hall–Kier alpha value is -2.45. The molecule has 0 aliphatic heterocycles. The van der Waals surface area contributed by atoms with Gasteiger partial charge in [0, 0.05) is 0 Å². The molecule has 0 spiro atoms. The van der Waals surface area contributed by atoms with Crippen molar-refractivity contribution in [2.45, 2.75) is 0 Å². The maximum Gasteiger partial charge on any atom is 0.276 e. The van der Waals surface area contributed by atoms with Gasteiger partial charge in [-0.15, -0.1) is 0 Å². The van der Waals surface area contributed by atoms with Crippen molar-refractivity contribution in [2.24, 2.45) is 0 Å². The molecule has 0 unspecified atom stereocenters. The molecule has 0 saturated heterocycles. The van der Waals surface area contributed by atoms with Crippen LogP contribution in [0.15, 0.2) is 42.5 Å². The van der Waals surface area contributed by atoms with E-state index in [0.717, 1.165) is 12.1 Å². The number of benzene rings is 2. The Morgan fingerprint density at radius 3 is 2.62 bits per heavy atom. The van der Waals surface area contributed by atoms with Gasteiger partial charge in [-0.05, 0) is 42.5 Å². The summed E-state index contributed by atoms with van der Waals surface area (Å²) < 4.78 is 31.5. The summed E-state index contributed by atoms with van der Waals surface area (Å²) in [5.74, 6) is -1.39. The van der Waals surface area contributed by atoms with Crippen molar-refractivity contribution >= 4 is 40.5 Å². The fourth-order valence-corrected chi connectivity index (χ4v) is 2.00. The van der Waals surface area contributed by atoms with Crippen LogP contribution in [0.3, 0.4) is 0 Å². The normalized spacial score (nSPS) is 9.96. The van der Waals surface area contributed by atoms with Gasteiger partial charge in [0.1, 0.15) is 17.4 Å². The first kappa shape index (κ1) is 17.9. The molecule has 9 heteroatoms. The van der Waals surface area contributed by atoms with Crippen molar-refractivity contribution in [1.29, 1.82) is 0 Å². The van der Waals surface area contributed by atoms with Gasteiger partial charge in [-0.3, -0.25) is 15.6 Å². The highest BCUT2D eigenvalue weighted by Gasteiger charge is 2.08. The molecular formula is C15H12ClF2N3O2S. The van der Waals surface area contributed by atoms with Crippen LogP contribution in [0.4, 0.5) is 14.5 Å². The van der Waals surface area contributed by atoms with Gasteiger partial charge in [-0.1, -0.05) is 23.7 Å². The van der Waals surface area contributed by atoms with Gasteiger partial charge in [-0.2, -0.15) is 0 Å². The highest BCUT2D eigenvalue weighted by atomic mass is 35.5. The second-order valence-corrected chi connectivity index (χ2v) is 5.29. The predicted molar refractivity (Wildman–Crippen MR) is 90.8 cm³/mol. The zero-order chi connectivity index (χ0) is 17.5. The second kappa shape index (κ2) is 8.42. The van der Waals surface area contributed by atoms with Gasteiger partial charge in [0.15, 0.2) is 11.7 Å². The molecule has 0 aromatic heterocycles. The average Bonchev–Trinajstić information content (AvgIpc) is 2.54. The van der Waals surface area contributed by atoms with E-state index in [1.54, 1.807) is 6.07 Å². The van der Waals surface area contributed by atoms with Crippen molar-refractivity contribution in [3.8, 4) is 5.75 Å². The number of hydrazine groups is 1. The van der Waals surface area contributed by atoms with Crippen molar-refractivity contribution in [2.75, 3.05) is 11.9 Å². The lowest BCUT2D eigenvalue weighted by Gasteiger charge is -2.12. The van der Waals surface area contributed by atoms with Crippen LogP contribution in [-0.2, 0) is 4.79 Å². The third kappa shape index (κ3) is 5.32. The Labute approximate surface area is 146 Å². The number of rotatable bonds is 4. The van der Waals surface area contributed by atoms with Crippen LogP contribution >= 0.6 is 23.8 Å². The summed E-state index contributed by atoms with van der Waals surface area (Å²) >= 11 is 10.7. The predicted octanol–water partition coefficient (Wildman–Crippen LogP) is 3.01. The Bertz CT molecular complexity index is 761. The van der Waals surface area contributed by atoms with Crippen molar-refractivity contribution < 1.29 is 18.3 Å². The van der Waals surface area contributed by atoms with Crippen LogP contribution in [0.1, 0.15) is 0 Å². The molecule has 2 aromatic carbocycles. The number of hydrogen-bond donors (Lipinski definition) is 3. The number of nitrogens with one attached hydrogen (secondary N) is 3. The Morgan fingerprint density at radius 2 is 1.92 bits per heavy atom. The molecule has 0 aliphatic rings. The van der Waals surface area contributed by atoms with Crippen LogP contribution < -0.4 is 20.9 Å². The Balaban J connectivity index is 1.76. The van der Waals surface area contributed by atoms with Crippen LogP contribution in [0.25, 0.3) is 0 Å². The first-order valence-corrected chi connectivity index (χ1v) is 7.42. The summed E-state index contributed by atoms with van der Waals surface area (Å²) in [4.78, 5) is 11.6. The number of hydrogen-bond acceptors (Lipinski definition) is 3. The molecule has 0 saturated carbocycles. The second-order valence-electron chi connectivity index (χ2n) is 4.47. The smallest absolute Gasteiger partial charge is 0.276 e. The molecule has 5 nitrogen and oxygen atoms in total. The van der Waals surface area contributed by atoms with Crippen LogP contribution in [0.5, 0.6) is 5.75 Å². The molecule has 0 radical (unpaired) electrons. The third-order valence-electron chi connectivity index (χ3n) is 2.69. The van der Waals surface area contributed by atoms with E-state index in [1.165, 1.54) is 24.3 Å². The number of ether oxygens (including phenoxy) is 1. The summed E-state index contributed by atoms with van der Waals surface area (Å²) in [5, 5.41) is 2.62. The first-order valence-electron chi connectivity index (χ1n) is 6.64. The molecule has 3 N–H and O–H groups in total. The summed E-state index contributed by atoms with van der Waals surface area (Å²) in [6.07, 6.45) is 0. The molecule has 24 heavy (non-hydrogen) atoms. The van der Waals surface area contributed by atoms with E-state index in [0.29, 0.717) is 0 Å². The van der Waals surface area contributed by atoms with E-state index in [1.807, 2.05) is 0 Å². The summed E-state index contributed by atoms with van der Waals surface area (Å²) in [6, 6.07) is 9.46. The number of carbonyl (C=O) groups is 1. The molecule has 0 bridgehead atoms. The van der Waals surface area contributed by atoms with Gasteiger partial charge >= 0.3 is 0 Å². The minimum absolute atomic E-state index is 0.00624. The third-order valence-corrected chi connectivity index (χ3v) is 3.19. The molecule has 126 valence electrons. The van der Waals surface area contributed by atoms with Crippen LogP contribution in [0, 0.1) is 11.6 Å². The highest BCUT2D eigenvalue weighted by Crippen LogP contribution is 2.24. The van der Waals surface area contributed by atoms with Crippen molar-refractivity contribution in [3.63, 3.8) is 0 Å². The summed E-state index contributed by atoms with van der Waals surface area (Å²) in [7, 11) is 0. The number of para-hydroxylation sites is 1. The van der Waals surface area contributed by atoms with E-state index in [9.17, 15) is 13.6 Å². The highest BCUT2D eigenvalue weighted by molar-refractivity contribution is 7.80. The monoisotopic (exact) mass is 371 g/mol. The number of thiocarbonyl (C=S) groups is 1.